The first-order chi connectivity index (χ1) is 9.23. The van der Waals surface area contributed by atoms with E-state index >= 15 is 0 Å². The summed E-state index contributed by atoms with van der Waals surface area (Å²) in [6, 6.07) is 2.22. The third-order valence-electron chi connectivity index (χ3n) is 3.60. The van der Waals surface area contributed by atoms with E-state index in [1.165, 1.54) is 5.57 Å². The second-order valence-corrected chi connectivity index (χ2v) is 6.43. The van der Waals surface area contributed by atoms with Crippen LogP contribution in [0, 0.1) is 11.3 Å². The average Bonchev–Trinajstić information content (AvgIpc) is 2.59. The molecule has 5 nitrogen and oxygen atoms in total. The molecule has 0 spiro atoms. The fourth-order valence-electron chi connectivity index (χ4n) is 2.68. The van der Waals surface area contributed by atoms with Gasteiger partial charge in [-0.05, 0) is 39.7 Å². The predicted molar refractivity (Wildman–Crippen MR) is 75.5 cm³/mol. The van der Waals surface area contributed by atoms with E-state index < -0.39 is 5.60 Å². The Kier molecular flexibility index (Phi) is 3.51. The fraction of sp³-hybridized carbons (Fsp3) is 0.600. The van der Waals surface area contributed by atoms with Crippen molar-refractivity contribution >= 4 is 6.09 Å². The van der Waals surface area contributed by atoms with Crippen LogP contribution >= 0.6 is 0 Å². The number of nitriles is 1. The molecule has 0 bridgehead atoms. The maximum atomic E-state index is 12.2. The summed E-state index contributed by atoms with van der Waals surface area (Å²) in [6.45, 7) is 7.94. The molecular weight excluding hydrogens is 254 g/mol. The van der Waals surface area contributed by atoms with E-state index in [1.807, 2.05) is 27.7 Å². The largest absolute Gasteiger partial charge is 0.444 e. The Morgan fingerprint density at radius 2 is 2.15 bits per heavy atom. The number of amides is 1. The molecule has 0 saturated carbocycles. The highest BCUT2D eigenvalue weighted by Crippen LogP contribution is 2.37. The van der Waals surface area contributed by atoms with Crippen molar-refractivity contribution in [2.24, 2.45) is 5.73 Å². The monoisotopic (exact) mass is 275 g/mol. The molecule has 1 aliphatic carbocycles. The topological polar surface area (TPSA) is 79.3 Å². The van der Waals surface area contributed by atoms with Crippen molar-refractivity contribution < 1.29 is 9.53 Å². The molecule has 108 valence electrons. The van der Waals surface area contributed by atoms with Crippen LogP contribution in [0.5, 0.6) is 0 Å². The van der Waals surface area contributed by atoms with Crippen molar-refractivity contribution in [1.29, 1.82) is 5.26 Å². The first-order valence-corrected chi connectivity index (χ1v) is 6.82. The first-order valence-electron chi connectivity index (χ1n) is 6.82. The molecule has 2 N–H and O–H groups in total. The molecule has 0 aromatic rings. The van der Waals surface area contributed by atoms with Crippen molar-refractivity contribution in [3.05, 3.63) is 22.4 Å². The summed E-state index contributed by atoms with van der Waals surface area (Å²) in [5.41, 5.74) is 8.64. The van der Waals surface area contributed by atoms with Crippen LogP contribution in [0.15, 0.2) is 22.4 Å². The van der Waals surface area contributed by atoms with Crippen LogP contribution in [0.1, 0.15) is 40.5 Å². The van der Waals surface area contributed by atoms with E-state index in [9.17, 15) is 10.1 Å². The van der Waals surface area contributed by atoms with Crippen molar-refractivity contribution in [2.75, 3.05) is 6.54 Å². The van der Waals surface area contributed by atoms with Gasteiger partial charge in [0.15, 0.2) is 0 Å². The Hall–Kier alpha value is -1.96. The minimum atomic E-state index is -0.520. The zero-order valence-corrected chi connectivity index (χ0v) is 12.5. The number of rotatable bonds is 0. The third-order valence-corrected chi connectivity index (χ3v) is 3.60. The third kappa shape index (κ3) is 2.64. The van der Waals surface area contributed by atoms with Crippen molar-refractivity contribution in [3.63, 3.8) is 0 Å². The van der Waals surface area contributed by atoms with E-state index in [4.69, 9.17) is 10.5 Å². The summed E-state index contributed by atoms with van der Waals surface area (Å²) >= 11 is 0. The van der Waals surface area contributed by atoms with Gasteiger partial charge in [-0.2, -0.15) is 5.26 Å². The highest BCUT2D eigenvalue weighted by molar-refractivity contribution is 5.71. The molecule has 1 heterocycles. The SMILES string of the molecule is CC1CC2=C(CN1C(=O)OC(C)(C)C)C(C#N)=C(N)C2. The smallest absolute Gasteiger partial charge is 0.410 e. The molecule has 1 unspecified atom stereocenters. The fourth-order valence-corrected chi connectivity index (χ4v) is 2.68. The summed E-state index contributed by atoms with van der Waals surface area (Å²) in [5.74, 6) is 0. The number of hydrogen-bond donors (Lipinski definition) is 1. The molecule has 2 aliphatic rings. The van der Waals surface area contributed by atoms with Crippen molar-refractivity contribution in [1.82, 2.24) is 4.90 Å². The molecule has 0 aromatic heterocycles. The van der Waals surface area contributed by atoms with Gasteiger partial charge in [-0.1, -0.05) is 5.57 Å². The normalized spacial score (nSPS) is 22.8. The average molecular weight is 275 g/mol. The van der Waals surface area contributed by atoms with E-state index in [2.05, 4.69) is 6.07 Å². The van der Waals surface area contributed by atoms with Gasteiger partial charge in [-0.3, -0.25) is 0 Å². The van der Waals surface area contributed by atoms with E-state index in [0.717, 1.165) is 12.0 Å². The number of nitrogens with two attached hydrogens (primary N) is 1. The van der Waals surface area contributed by atoms with Crippen LogP contribution in [0.3, 0.4) is 0 Å². The van der Waals surface area contributed by atoms with Gasteiger partial charge in [-0.25, -0.2) is 4.79 Å². The number of allylic oxidation sites excluding steroid dienone is 1. The van der Waals surface area contributed by atoms with Crippen molar-refractivity contribution in [2.45, 2.75) is 52.2 Å². The lowest BCUT2D eigenvalue weighted by molar-refractivity contribution is 0.0185. The summed E-state index contributed by atoms with van der Waals surface area (Å²) < 4.78 is 5.43. The Bertz CT molecular complexity index is 546. The predicted octanol–water partition coefficient (Wildman–Crippen LogP) is 2.45. The summed E-state index contributed by atoms with van der Waals surface area (Å²) in [6.07, 6.45) is 1.07. The Morgan fingerprint density at radius 3 is 2.70 bits per heavy atom. The first kappa shape index (κ1) is 14.4. The minimum Gasteiger partial charge on any atom is -0.444 e. The molecular formula is C15H21N3O2. The van der Waals surface area contributed by atoms with Crippen LogP contribution in [0.2, 0.25) is 0 Å². The molecule has 0 aromatic carbocycles. The van der Waals surface area contributed by atoms with Crippen LogP contribution in [-0.4, -0.2) is 29.2 Å². The highest BCUT2D eigenvalue weighted by atomic mass is 16.6. The van der Waals surface area contributed by atoms with Crippen LogP contribution in [-0.2, 0) is 4.74 Å². The van der Waals surface area contributed by atoms with Crippen molar-refractivity contribution in [3.8, 4) is 6.07 Å². The molecule has 0 radical (unpaired) electrons. The molecule has 0 saturated heterocycles. The quantitative estimate of drug-likeness (QED) is 0.736. The van der Waals surface area contributed by atoms with Gasteiger partial charge in [0, 0.05) is 18.2 Å². The van der Waals surface area contributed by atoms with Gasteiger partial charge in [0.25, 0.3) is 0 Å². The molecule has 1 aliphatic heterocycles. The summed E-state index contributed by atoms with van der Waals surface area (Å²) in [4.78, 5) is 13.9. The summed E-state index contributed by atoms with van der Waals surface area (Å²) in [7, 11) is 0. The van der Waals surface area contributed by atoms with Gasteiger partial charge >= 0.3 is 6.09 Å². The number of carbonyl (C=O) groups excluding carboxylic acids is 1. The summed E-state index contributed by atoms with van der Waals surface area (Å²) in [5, 5.41) is 9.20. The Balaban J connectivity index is 2.20. The molecule has 20 heavy (non-hydrogen) atoms. The zero-order chi connectivity index (χ0) is 15.1. The van der Waals surface area contributed by atoms with Crippen LogP contribution in [0.4, 0.5) is 4.79 Å². The van der Waals surface area contributed by atoms with Gasteiger partial charge in [-0.15, -0.1) is 0 Å². The number of carbonyl (C=O) groups is 1. The Labute approximate surface area is 119 Å². The van der Waals surface area contributed by atoms with Gasteiger partial charge in [0.05, 0.1) is 12.1 Å². The number of nitrogens with zero attached hydrogens (tertiary/aromatic N) is 2. The molecule has 0 fully saturated rings. The lowest BCUT2D eigenvalue weighted by atomic mass is 9.95. The lowest BCUT2D eigenvalue weighted by Gasteiger charge is -2.35. The number of hydrogen-bond acceptors (Lipinski definition) is 4. The number of ether oxygens (including phenoxy) is 1. The highest BCUT2D eigenvalue weighted by Gasteiger charge is 2.35. The maximum absolute atomic E-state index is 12.2. The van der Waals surface area contributed by atoms with Crippen LogP contribution < -0.4 is 5.73 Å². The van der Waals surface area contributed by atoms with E-state index in [1.54, 1.807) is 4.90 Å². The van der Waals surface area contributed by atoms with Gasteiger partial charge in [0.1, 0.15) is 11.7 Å². The molecule has 5 heteroatoms. The molecule has 1 amide bonds. The van der Waals surface area contributed by atoms with Crippen LogP contribution in [0.25, 0.3) is 0 Å². The second-order valence-electron chi connectivity index (χ2n) is 6.43. The molecule has 2 rings (SSSR count). The van der Waals surface area contributed by atoms with E-state index in [-0.39, 0.29) is 12.1 Å². The lowest BCUT2D eigenvalue weighted by Crippen LogP contribution is -2.45. The Morgan fingerprint density at radius 1 is 1.50 bits per heavy atom. The minimum absolute atomic E-state index is 0.0643. The maximum Gasteiger partial charge on any atom is 0.410 e. The van der Waals surface area contributed by atoms with E-state index in [0.29, 0.717) is 24.2 Å². The van der Waals surface area contributed by atoms with Gasteiger partial charge in [0.2, 0.25) is 0 Å². The zero-order valence-electron chi connectivity index (χ0n) is 12.5. The second kappa shape index (κ2) is 4.86. The standard InChI is InChI=1S/C15H21N3O2/c1-9-5-10-6-13(17)11(7-16)12(10)8-18(9)14(19)20-15(2,3)4/h9H,5-6,8,17H2,1-4H3. The van der Waals surface area contributed by atoms with Gasteiger partial charge < -0.3 is 15.4 Å². The molecule has 1 atom stereocenters.